The maximum absolute atomic E-state index is 11.1. The Morgan fingerprint density at radius 2 is 0.408 bits per heavy atom. The summed E-state index contributed by atoms with van der Waals surface area (Å²) in [6, 6.07) is 0. The summed E-state index contributed by atoms with van der Waals surface area (Å²) in [5, 5.41) is 32.4. The van der Waals surface area contributed by atoms with E-state index in [9.17, 15) is 44.1 Å². The molecule has 0 saturated heterocycles. The molecule has 0 bridgehead atoms. The van der Waals surface area contributed by atoms with Gasteiger partial charge in [-0.25, -0.2) is 0 Å². The van der Waals surface area contributed by atoms with Gasteiger partial charge in [-0.3, -0.25) is 14.4 Å². The third kappa shape index (κ3) is 62.0. The maximum Gasteiger partial charge on any atom is 3.00 e. The fourth-order valence-corrected chi connectivity index (χ4v) is 9.25. The van der Waals surface area contributed by atoms with Gasteiger partial charge in [0.1, 0.15) is 17.3 Å². The number of hydrogen-bond acceptors (Lipinski definition) is 9. The zero-order chi connectivity index (χ0) is 56.3. The van der Waals surface area contributed by atoms with Crippen LogP contribution in [0.1, 0.15) is 330 Å². The van der Waals surface area contributed by atoms with E-state index >= 15 is 0 Å². The number of Topliss-reactive ketones (excluding diaryl/α,β-unsaturated/α-hetero) is 3. The molecule has 0 aliphatic carbocycles. The summed E-state index contributed by atoms with van der Waals surface area (Å²) in [4.78, 5) is 65.8. The van der Waals surface area contributed by atoms with Crippen LogP contribution < -0.4 is 15.3 Å². The number of carbonyl (C=O) groups is 6. The van der Waals surface area contributed by atoms with E-state index < -0.39 is 35.7 Å². The van der Waals surface area contributed by atoms with Crippen molar-refractivity contribution in [3.05, 3.63) is 36.5 Å². The normalized spacial score (nSPS) is 12.4. The summed E-state index contributed by atoms with van der Waals surface area (Å²) < 4.78 is 0. The molecular formula is C66H117AlO9. The number of ketones is 3. The molecule has 76 heavy (non-hydrogen) atoms. The molecule has 3 unspecified atom stereocenters. The topological polar surface area (TPSA) is 172 Å². The summed E-state index contributed by atoms with van der Waals surface area (Å²) in [6.07, 6.45) is 66.8. The molecule has 0 aliphatic heterocycles. The Labute approximate surface area is 479 Å². The first-order chi connectivity index (χ1) is 36.3. The molecule has 0 aromatic heterocycles. The predicted molar refractivity (Wildman–Crippen MR) is 315 cm³/mol. The van der Waals surface area contributed by atoms with Gasteiger partial charge in [0.2, 0.25) is 0 Å². The molecule has 0 N–H and O–H groups in total. The number of carboxylic acids is 3. The van der Waals surface area contributed by atoms with Crippen molar-refractivity contribution in [3.8, 4) is 0 Å². The van der Waals surface area contributed by atoms with E-state index in [1.165, 1.54) is 233 Å². The second-order valence-corrected chi connectivity index (χ2v) is 21.6. The van der Waals surface area contributed by atoms with Crippen LogP contribution in [0, 0.1) is 17.8 Å². The Morgan fingerprint density at radius 1 is 0.263 bits per heavy atom. The van der Waals surface area contributed by atoms with Crippen molar-refractivity contribution in [2.45, 2.75) is 330 Å². The van der Waals surface area contributed by atoms with Crippen molar-refractivity contribution in [1.29, 1.82) is 0 Å². The molecule has 0 heterocycles. The Bertz CT molecular complexity index is 1210. The predicted octanol–water partition coefficient (Wildman–Crippen LogP) is 15.7. The van der Waals surface area contributed by atoms with Gasteiger partial charge in [0.25, 0.3) is 0 Å². The van der Waals surface area contributed by atoms with E-state index in [1.807, 2.05) is 0 Å². The number of carboxylic acid groups (broad SMARTS) is 3. The summed E-state index contributed by atoms with van der Waals surface area (Å²) >= 11 is 0. The monoisotopic (exact) mass is 1080 g/mol. The van der Waals surface area contributed by atoms with Crippen LogP contribution in [-0.2, 0) is 28.8 Å². The smallest absolute Gasteiger partial charge is 0.549 e. The zero-order valence-electron chi connectivity index (χ0n) is 50.3. The van der Waals surface area contributed by atoms with Crippen LogP contribution in [-0.4, -0.2) is 52.6 Å². The summed E-state index contributed by atoms with van der Waals surface area (Å²) in [7, 11) is 0. The molecule has 0 radical (unpaired) electrons. The second kappa shape index (κ2) is 64.7. The van der Waals surface area contributed by atoms with Crippen molar-refractivity contribution in [2.24, 2.45) is 17.8 Å². The van der Waals surface area contributed by atoms with Crippen LogP contribution in [0.2, 0.25) is 0 Å². The van der Waals surface area contributed by atoms with Crippen LogP contribution >= 0.6 is 0 Å². The largest absolute Gasteiger partial charge is 3.00 e. The average molecular weight is 1080 g/mol. The van der Waals surface area contributed by atoms with Gasteiger partial charge >= 0.3 is 17.4 Å². The molecule has 438 valence electrons. The number of hydrogen-bond donors (Lipinski definition) is 0. The van der Waals surface area contributed by atoms with Crippen LogP contribution in [0.15, 0.2) is 36.5 Å². The van der Waals surface area contributed by atoms with Gasteiger partial charge < -0.3 is 29.7 Å². The molecule has 0 aliphatic rings. The first-order valence-electron chi connectivity index (χ1n) is 31.4. The van der Waals surface area contributed by atoms with Gasteiger partial charge in [0.05, 0.1) is 35.7 Å². The minimum Gasteiger partial charge on any atom is -0.549 e. The van der Waals surface area contributed by atoms with E-state index in [0.29, 0.717) is 19.3 Å². The number of allylic oxidation sites excluding steroid dienone is 6. The van der Waals surface area contributed by atoms with Gasteiger partial charge in [0, 0.05) is 0 Å². The van der Waals surface area contributed by atoms with E-state index in [0.717, 1.165) is 57.8 Å². The Kier molecular flexibility index (Phi) is 67.8. The second-order valence-electron chi connectivity index (χ2n) is 21.6. The molecule has 0 saturated carbocycles. The molecule has 0 fully saturated rings. The van der Waals surface area contributed by atoms with E-state index in [-0.39, 0.29) is 34.7 Å². The van der Waals surface area contributed by atoms with Crippen LogP contribution in [0.3, 0.4) is 0 Å². The van der Waals surface area contributed by atoms with Crippen molar-refractivity contribution in [1.82, 2.24) is 0 Å². The first kappa shape index (κ1) is 79.7. The minimum atomic E-state index is -1.22. The Balaban J connectivity index is -0.000000508. The molecular weight excluding hydrogens is 964 g/mol. The standard InChI is InChI=1S/3C22H40O3.Al/c3*1-3-4-5-6-7-8-9-10-11-12-13-14-15-16-17-18-19-21(20(2)23)22(24)25;/h3*10-11,21H,3-9,12-19H2,1-2H3,(H,24,25);/q;;;+3/p-3/b3*11-10-;. The van der Waals surface area contributed by atoms with Crippen molar-refractivity contribution >= 4 is 52.6 Å². The number of unbranched alkanes of at least 4 members (excludes halogenated alkanes) is 36. The van der Waals surface area contributed by atoms with E-state index in [1.54, 1.807) is 0 Å². The summed E-state index contributed by atoms with van der Waals surface area (Å²) in [5.41, 5.74) is 0. The molecule has 10 heteroatoms. The molecule has 0 spiro atoms. The first-order valence-corrected chi connectivity index (χ1v) is 31.4. The molecule has 0 rings (SSSR count). The fraction of sp³-hybridized carbons (Fsp3) is 0.818. The Morgan fingerprint density at radius 3 is 0.553 bits per heavy atom. The molecule has 9 nitrogen and oxygen atoms in total. The fourth-order valence-electron chi connectivity index (χ4n) is 9.25. The van der Waals surface area contributed by atoms with Gasteiger partial charge in [-0.2, -0.15) is 0 Å². The molecule has 0 aromatic rings. The average Bonchev–Trinajstić information content (AvgIpc) is 3.36. The van der Waals surface area contributed by atoms with E-state index in [4.69, 9.17) is 0 Å². The summed E-state index contributed by atoms with van der Waals surface area (Å²) in [5.74, 6) is -7.24. The quantitative estimate of drug-likeness (QED) is 0.0249. The van der Waals surface area contributed by atoms with Crippen LogP contribution in [0.4, 0.5) is 0 Å². The van der Waals surface area contributed by atoms with Gasteiger partial charge in [0.15, 0.2) is 0 Å². The molecule has 3 atom stereocenters. The van der Waals surface area contributed by atoms with Crippen LogP contribution in [0.25, 0.3) is 0 Å². The van der Waals surface area contributed by atoms with Crippen LogP contribution in [0.5, 0.6) is 0 Å². The van der Waals surface area contributed by atoms with Gasteiger partial charge in [-0.1, -0.05) is 250 Å². The van der Waals surface area contributed by atoms with Crippen molar-refractivity contribution in [2.75, 3.05) is 0 Å². The number of rotatable bonds is 54. The number of carbonyl (C=O) groups excluding carboxylic acids is 6. The molecule has 0 aromatic carbocycles. The molecule has 0 amide bonds. The Hall–Kier alpha value is -2.83. The third-order valence-electron chi connectivity index (χ3n) is 14.3. The third-order valence-corrected chi connectivity index (χ3v) is 14.3. The summed E-state index contributed by atoms with van der Waals surface area (Å²) in [6.45, 7) is 10.8. The van der Waals surface area contributed by atoms with Crippen molar-refractivity contribution in [3.63, 3.8) is 0 Å². The van der Waals surface area contributed by atoms with E-state index in [2.05, 4.69) is 57.2 Å². The minimum absolute atomic E-state index is 0. The SMILES string of the molecule is CCCCCCCC/C=C\CCCCCCCCC(C(C)=O)C(=O)[O-].CCCCCCCC/C=C\CCCCCCCCC(C(C)=O)C(=O)[O-].CCCCCCCC/C=C\CCCCCCCCC(C(C)=O)C(=O)[O-].[Al+3]. The van der Waals surface area contributed by atoms with Gasteiger partial charge in [-0.15, -0.1) is 0 Å². The van der Waals surface area contributed by atoms with Crippen molar-refractivity contribution < 1.29 is 44.1 Å². The van der Waals surface area contributed by atoms with Gasteiger partial charge in [-0.05, 0) is 117 Å². The number of aliphatic carboxylic acids is 3. The zero-order valence-corrected chi connectivity index (χ0v) is 51.4. The maximum atomic E-state index is 11.1.